The summed E-state index contributed by atoms with van der Waals surface area (Å²) >= 11 is 0. The van der Waals surface area contributed by atoms with Crippen LogP contribution in [0.2, 0.25) is 0 Å². The number of para-hydroxylation sites is 1. The largest absolute Gasteiger partial charge is 0.506 e. The summed E-state index contributed by atoms with van der Waals surface area (Å²) in [6.45, 7) is 2.45. The van der Waals surface area contributed by atoms with Crippen molar-refractivity contribution >= 4 is 23.0 Å². The van der Waals surface area contributed by atoms with Crippen molar-refractivity contribution in [3.8, 4) is 23.0 Å². The molecule has 1 heterocycles. The molecule has 0 bridgehead atoms. The molecule has 9 heteroatoms. The van der Waals surface area contributed by atoms with Gasteiger partial charge in [-0.1, -0.05) is 25.5 Å². The smallest absolute Gasteiger partial charge is 0.280 e. The molecule has 0 saturated heterocycles. The Labute approximate surface area is 191 Å². The van der Waals surface area contributed by atoms with E-state index in [4.69, 9.17) is 14.2 Å². The highest BCUT2D eigenvalue weighted by Gasteiger charge is 2.22. The molecule has 0 radical (unpaired) electrons. The molecule has 0 aliphatic heterocycles. The molecule has 0 saturated carbocycles. The Bertz CT molecular complexity index is 1250. The molecule has 0 atom stereocenters. The summed E-state index contributed by atoms with van der Waals surface area (Å²) in [7, 11) is 4.50. The first-order valence-corrected chi connectivity index (χ1v) is 10.4. The van der Waals surface area contributed by atoms with Crippen LogP contribution in [0.4, 0.5) is 0 Å². The maximum absolute atomic E-state index is 13.1. The van der Waals surface area contributed by atoms with Crippen molar-refractivity contribution in [2.45, 2.75) is 26.3 Å². The quantitative estimate of drug-likeness (QED) is 0.380. The zero-order valence-corrected chi connectivity index (χ0v) is 19.0. The predicted octanol–water partition coefficient (Wildman–Crippen LogP) is 3.30. The van der Waals surface area contributed by atoms with Crippen molar-refractivity contribution in [3.05, 3.63) is 57.9 Å². The minimum atomic E-state index is -0.816. The van der Waals surface area contributed by atoms with Crippen molar-refractivity contribution in [3.63, 3.8) is 0 Å². The second-order valence-electron chi connectivity index (χ2n) is 7.20. The third kappa shape index (κ3) is 4.77. The molecule has 0 unspecified atom stereocenters. The first kappa shape index (κ1) is 23.6. The molecule has 0 aliphatic rings. The lowest BCUT2D eigenvalue weighted by molar-refractivity contribution is 0.0950. The van der Waals surface area contributed by atoms with Gasteiger partial charge >= 0.3 is 0 Å². The summed E-state index contributed by atoms with van der Waals surface area (Å²) in [4.78, 5) is 25.9. The van der Waals surface area contributed by atoms with Gasteiger partial charge in [0.25, 0.3) is 11.5 Å². The third-order valence-electron chi connectivity index (χ3n) is 5.21. The summed E-state index contributed by atoms with van der Waals surface area (Å²) in [5.74, 6) is 0.186. The number of aryl methyl sites for hydroxylation is 1. The van der Waals surface area contributed by atoms with Crippen LogP contribution in [0.15, 0.2) is 46.3 Å². The van der Waals surface area contributed by atoms with Crippen molar-refractivity contribution in [2.24, 2.45) is 5.10 Å². The first-order chi connectivity index (χ1) is 16.0. The van der Waals surface area contributed by atoms with Gasteiger partial charge in [-0.25, -0.2) is 5.43 Å². The molecular weight excluding hydrogens is 426 g/mol. The number of nitrogens with zero attached hydrogens (tertiary/aromatic N) is 2. The number of carbonyl (C=O) groups excluding carboxylic acids is 1. The van der Waals surface area contributed by atoms with E-state index in [0.717, 1.165) is 12.8 Å². The highest BCUT2D eigenvalue weighted by atomic mass is 16.5. The van der Waals surface area contributed by atoms with Gasteiger partial charge in [0.15, 0.2) is 11.5 Å². The predicted molar refractivity (Wildman–Crippen MR) is 126 cm³/mol. The average molecular weight is 453 g/mol. The van der Waals surface area contributed by atoms with E-state index < -0.39 is 11.5 Å². The van der Waals surface area contributed by atoms with Gasteiger partial charge in [0, 0.05) is 23.6 Å². The van der Waals surface area contributed by atoms with E-state index in [1.807, 2.05) is 6.92 Å². The summed E-state index contributed by atoms with van der Waals surface area (Å²) in [5, 5.41) is 15.1. The lowest BCUT2D eigenvalue weighted by Gasteiger charge is -2.14. The van der Waals surface area contributed by atoms with E-state index in [1.54, 1.807) is 36.4 Å². The first-order valence-electron chi connectivity index (χ1n) is 10.4. The molecular formula is C24H27N3O6. The monoisotopic (exact) mass is 453 g/mol. The Morgan fingerprint density at radius 3 is 2.42 bits per heavy atom. The molecule has 0 fully saturated rings. The third-order valence-corrected chi connectivity index (χ3v) is 5.21. The van der Waals surface area contributed by atoms with Crippen LogP contribution in [-0.2, 0) is 6.54 Å². The van der Waals surface area contributed by atoms with Crippen LogP contribution in [0.5, 0.6) is 23.0 Å². The number of methoxy groups -OCH3 is 3. The molecule has 2 N–H and O–H groups in total. The average Bonchev–Trinajstić information content (AvgIpc) is 2.83. The highest BCUT2D eigenvalue weighted by Crippen LogP contribution is 2.33. The van der Waals surface area contributed by atoms with Gasteiger partial charge in [0.05, 0.1) is 33.1 Å². The summed E-state index contributed by atoms with van der Waals surface area (Å²) < 4.78 is 17.4. The van der Waals surface area contributed by atoms with Crippen LogP contribution >= 0.6 is 0 Å². The lowest BCUT2D eigenvalue weighted by atomic mass is 10.1. The fourth-order valence-electron chi connectivity index (χ4n) is 3.50. The zero-order chi connectivity index (χ0) is 24.0. The van der Waals surface area contributed by atoms with E-state index >= 15 is 0 Å². The molecule has 1 aromatic heterocycles. The van der Waals surface area contributed by atoms with Crippen molar-refractivity contribution in [1.29, 1.82) is 0 Å². The lowest BCUT2D eigenvalue weighted by Crippen LogP contribution is -2.31. The Morgan fingerprint density at radius 2 is 1.76 bits per heavy atom. The maximum atomic E-state index is 13.1. The standard InChI is InChI=1S/C24H27N3O6/c1-5-6-11-27-17-10-8-7-9-16(17)22(28)21(24(27)30)23(29)26-25-14-15-12-19(32-3)20(33-4)13-18(15)31-2/h7-10,12-14,28H,5-6,11H2,1-4H3,(H,26,29)/b25-14-. The number of nitrogens with one attached hydrogen (secondary N) is 1. The number of benzene rings is 2. The van der Waals surface area contributed by atoms with Gasteiger partial charge in [-0.15, -0.1) is 0 Å². The number of carbonyl (C=O) groups is 1. The van der Waals surface area contributed by atoms with E-state index in [-0.39, 0.29) is 11.3 Å². The molecule has 9 nitrogen and oxygen atoms in total. The number of ether oxygens (including phenoxy) is 3. The van der Waals surface area contributed by atoms with E-state index in [9.17, 15) is 14.7 Å². The van der Waals surface area contributed by atoms with Gasteiger partial charge in [-0.2, -0.15) is 5.10 Å². The van der Waals surface area contributed by atoms with Gasteiger partial charge in [0.2, 0.25) is 0 Å². The second kappa shape index (κ2) is 10.5. The van der Waals surface area contributed by atoms with Crippen LogP contribution in [0.25, 0.3) is 10.9 Å². The number of pyridine rings is 1. The van der Waals surface area contributed by atoms with Crippen LogP contribution in [-0.4, -0.2) is 43.1 Å². The Balaban J connectivity index is 1.96. The van der Waals surface area contributed by atoms with Gasteiger partial charge in [0.1, 0.15) is 17.1 Å². The van der Waals surface area contributed by atoms with Gasteiger partial charge in [-0.3, -0.25) is 9.59 Å². The summed E-state index contributed by atoms with van der Waals surface area (Å²) in [6.07, 6.45) is 2.99. The number of aromatic hydroxyl groups is 1. The van der Waals surface area contributed by atoms with Gasteiger partial charge in [-0.05, 0) is 24.6 Å². The minimum Gasteiger partial charge on any atom is -0.506 e. The van der Waals surface area contributed by atoms with Crippen LogP contribution in [0.3, 0.4) is 0 Å². The number of amides is 1. The molecule has 33 heavy (non-hydrogen) atoms. The summed E-state index contributed by atoms with van der Waals surface area (Å²) in [5.41, 5.74) is 2.48. The number of hydrogen-bond donors (Lipinski definition) is 2. The highest BCUT2D eigenvalue weighted by molar-refractivity contribution is 6.02. The maximum Gasteiger partial charge on any atom is 0.280 e. The normalized spacial score (nSPS) is 11.0. The van der Waals surface area contributed by atoms with Crippen molar-refractivity contribution in [2.75, 3.05) is 21.3 Å². The number of rotatable bonds is 9. The van der Waals surface area contributed by atoms with E-state index in [2.05, 4.69) is 10.5 Å². The topological polar surface area (TPSA) is 111 Å². The number of fused-ring (bicyclic) bond motifs is 1. The van der Waals surface area contributed by atoms with Crippen LogP contribution in [0, 0.1) is 0 Å². The fourth-order valence-corrected chi connectivity index (χ4v) is 3.50. The van der Waals surface area contributed by atoms with Crippen molar-refractivity contribution < 1.29 is 24.1 Å². The SMILES string of the molecule is CCCCn1c(=O)c(C(=O)N/N=C\c2cc(OC)c(OC)cc2OC)c(O)c2ccccc21. The zero-order valence-electron chi connectivity index (χ0n) is 19.0. The van der Waals surface area contributed by atoms with E-state index in [1.165, 1.54) is 32.1 Å². The minimum absolute atomic E-state index is 0.360. The molecule has 0 aliphatic carbocycles. The van der Waals surface area contributed by atoms with Crippen LogP contribution < -0.4 is 25.2 Å². The number of unbranched alkanes of at least 4 members (excludes halogenated alkanes) is 1. The van der Waals surface area contributed by atoms with Crippen molar-refractivity contribution in [1.82, 2.24) is 9.99 Å². The molecule has 2 aromatic carbocycles. The summed E-state index contributed by atoms with van der Waals surface area (Å²) in [6, 6.07) is 10.2. The van der Waals surface area contributed by atoms with E-state index in [0.29, 0.717) is 40.3 Å². The molecule has 1 amide bonds. The van der Waals surface area contributed by atoms with Gasteiger partial charge < -0.3 is 23.9 Å². The number of hydrogen-bond acceptors (Lipinski definition) is 7. The Hall–Kier alpha value is -4.01. The molecule has 174 valence electrons. The molecule has 0 spiro atoms. The Kier molecular flexibility index (Phi) is 7.55. The molecule has 3 aromatic rings. The number of hydrazone groups is 1. The fraction of sp³-hybridized carbons (Fsp3) is 0.292. The Morgan fingerprint density at radius 1 is 1.09 bits per heavy atom. The second-order valence-corrected chi connectivity index (χ2v) is 7.20. The van der Waals surface area contributed by atoms with Crippen LogP contribution in [0.1, 0.15) is 35.7 Å². The number of aromatic nitrogens is 1. The molecule has 3 rings (SSSR count).